The largest absolute Gasteiger partial charge is 0.292 e. The first-order valence-corrected chi connectivity index (χ1v) is 17.1. The summed E-state index contributed by atoms with van der Waals surface area (Å²) in [4.78, 5) is 5.15. The molecule has 10 rings (SSSR count). The quantitative estimate of drug-likeness (QED) is 0.169. The van der Waals surface area contributed by atoms with E-state index >= 15 is 0 Å². The molecule has 0 fully saturated rings. The predicted octanol–water partition coefficient (Wildman–Crippen LogP) is 13.2. The SMILES string of the molecule is [2H]c1c([2H])c([2H])c(-c2ccc(-c3c4ccccc4c(-c4ccc(-c5nc6ccccc6n5-c5ccc6ccccc6c5)cc4)c4ccccc34)cc2)c([2H])c1[2H]. The molecule has 0 radical (unpaired) electrons. The first-order chi connectivity index (χ1) is 27.4. The molecule has 0 saturated heterocycles. The number of rotatable bonds is 5. The van der Waals surface area contributed by atoms with Gasteiger partial charge in [0.25, 0.3) is 0 Å². The Hall–Kier alpha value is -6.77. The number of imidazole rings is 1. The highest BCUT2D eigenvalue weighted by Crippen LogP contribution is 2.44. The molecule has 0 atom stereocenters. The average Bonchev–Trinajstić information content (AvgIpc) is 3.64. The summed E-state index contributed by atoms with van der Waals surface area (Å²) in [5, 5.41) is 6.80. The van der Waals surface area contributed by atoms with Gasteiger partial charge in [0.2, 0.25) is 0 Å². The Morgan fingerprint density at radius 1 is 0.412 bits per heavy atom. The third kappa shape index (κ3) is 4.92. The van der Waals surface area contributed by atoms with Gasteiger partial charge in [-0.05, 0) is 90.0 Å². The Morgan fingerprint density at radius 2 is 0.922 bits per heavy atom. The molecule has 0 aliphatic rings. The number of para-hydroxylation sites is 2. The lowest BCUT2D eigenvalue weighted by Gasteiger charge is -2.18. The highest BCUT2D eigenvalue weighted by Gasteiger charge is 2.18. The van der Waals surface area contributed by atoms with Crippen LogP contribution in [0.15, 0.2) is 194 Å². The molecule has 51 heavy (non-hydrogen) atoms. The van der Waals surface area contributed by atoms with Crippen LogP contribution >= 0.6 is 0 Å². The summed E-state index contributed by atoms with van der Waals surface area (Å²) >= 11 is 0. The number of aromatic nitrogens is 2. The molecule has 238 valence electrons. The summed E-state index contributed by atoms with van der Waals surface area (Å²) in [6.07, 6.45) is 0. The van der Waals surface area contributed by atoms with Crippen molar-refractivity contribution in [1.82, 2.24) is 9.55 Å². The van der Waals surface area contributed by atoms with Crippen molar-refractivity contribution < 1.29 is 6.85 Å². The van der Waals surface area contributed by atoms with E-state index in [1.807, 2.05) is 30.3 Å². The van der Waals surface area contributed by atoms with Crippen molar-refractivity contribution in [3.8, 4) is 50.5 Å². The lowest BCUT2D eigenvalue weighted by Crippen LogP contribution is -1.98. The summed E-state index contributed by atoms with van der Waals surface area (Å²) in [7, 11) is 0. The van der Waals surface area contributed by atoms with Crippen LogP contribution in [0.3, 0.4) is 0 Å². The van der Waals surface area contributed by atoms with Gasteiger partial charge in [-0.1, -0.05) is 170 Å². The molecule has 0 saturated carbocycles. The van der Waals surface area contributed by atoms with Crippen LogP contribution in [0.1, 0.15) is 6.85 Å². The minimum atomic E-state index is -0.395. The van der Waals surface area contributed by atoms with E-state index in [0.717, 1.165) is 71.9 Å². The smallest absolute Gasteiger partial charge is 0.145 e. The molecule has 10 aromatic rings. The normalized spacial score (nSPS) is 12.9. The Kier molecular flexibility index (Phi) is 5.73. The van der Waals surface area contributed by atoms with E-state index in [4.69, 9.17) is 11.8 Å². The van der Waals surface area contributed by atoms with Gasteiger partial charge in [0.1, 0.15) is 5.82 Å². The molecule has 0 N–H and O–H groups in total. The zero-order valence-electron chi connectivity index (χ0n) is 32.5. The number of hydrogen-bond acceptors (Lipinski definition) is 1. The van der Waals surface area contributed by atoms with Gasteiger partial charge in [0.15, 0.2) is 0 Å². The molecular weight excluding hydrogens is 617 g/mol. The predicted molar refractivity (Wildman–Crippen MR) is 215 cm³/mol. The van der Waals surface area contributed by atoms with Crippen LogP contribution in [0.25, 0.3) is 93.8 Å². The van der Waals surface area contributed by atoms with Crippen molar-refractivity contribution >= 4 is 43.4 Å². The van der Waals surface area contributed by atoms with Crippen LogP contribution in [-0.2, 0) is 0 Å². The minimum Gasteiger partial charge on any atom is -0.292 e. The summed E-state index contributed by atoms with van der Waals surface area (Å²) in [5.74, 6) is 0.880. The van der Waals surface area contributed by atoms with Gasteiger partial charge in [0, 0.05) is 11.3 Å². The van der Waals surface area contributed by atoms with Gasteiger partial charge in [-0.2, -0.15) is 0 Å². The maximum absolute atomic E-state index is 8.50. The second kappa shape index (κ2) is 12.0. The van der Waals surface area contributed by atoms with Crippen LogP contribution in [0.2, 0.25) is 0 Å². The van der Waals surface area contributed by atoms with E-state index in [0.29, 0.717) is 5.56 Å². The Bertz CT molecular complexity index is 3100. The number of fused-ring (bicyclic) bond motifs is 4. The number of nitrogens with zero attached hydrogens (tertiary/aromatic N) is 2. The molecule has 0 bridgehead atoms. The van der Waals surface area contributed by atoms with E-state index in [2.05, 4.69) is 138 Å². The second-order valence-electron chi connectivity index (χ2n) is 12.8. The van der Waals surface area contributed by atoms with Gasteiger partial charge in [0.05, 0.1) is 17.9 Å². The third-order valence-electron chi connectivity index (χ3n) is 9.88. The summed E-state index contributed by atoms with van der Waals surface area (Å²) < 4.78 is 43.6. The van der Waals surface area contributed by atoms with E-state index in [9.17, 15) is 0 Å². The lowest BCUT2D eigenvalue weighted by atomic mass is 9.85. The molecule has 1 aromatic heterocycles. The number of benzene rings is 9. The monoisotopic (exact) mass is 653 g/mol. The van der Waals surface area contributed by atoms with Crippen LogP contribution in [0, 0.1) is 0 Å². The fraction of sp³-hybridized carbons (Fsp3) is 0. The van der Waals surface area contributed by atoms with Crippen molar-refractivity contribution in [3.05, 3.63) is 194 Å². The van der Waals surface area contributed by atoms with Gasteiger partial charge in [-0.15, -0.1) is 0 Å². The Labute approximate surface area is 303 Å². The number of hydrogen-bond donors (Lipinski definition) is 0. The summed E-state index contributed by atoms with van der Waals surface area (Å²) in [6, 6.07) is 55.1. The Morgan fingerprint density at radius 3 is 1.55 bits per heavy atom. The fourth-order valence-electron chi connectivity index (χ4n) is 7.53. The van der Waals surface area contributed by atoms with Crippen molar-refractivity contribution in [3.63, 3.8) is 0 Å². The van der Waals surface area contributed by atoms with E-state index in [1.165, 1.54) is 10.8 Å². The van der Waals surface area contributed by atoms with E-state index in [1.54, 1.807) is 0 Å². The zero-order chi connectivity index (χ0) is 38.1. The van der Waals surface area contributed by atoms with Crippen molar-refractivity contribution in [2.24, 2.45) is 0 Å². The third-order valence-corrected chi connectivity index (χ3v) is 9.88. The first kappa shape index (κ1) is 24.4. The van der Waals surface area contributed by atoms with Crippen molar-refractivity contribution in [1.29, 1.82) is 0 Å². The van der Waals surface area contributed by atoms with Crippen LogP contribution in [0.5, 0.6) is 0 Å². The minimum absolute atomic E-state index is 0.198. The first-order valence-electron chi connectivity index (χ1n) is 19.6. The highest BCUT2D eigenvalue weighted by atomic mass is 15.1. The van der Waals surface area contributed by atoms with Gasteiger partial charge in [-0.25, -0.2) is 4.98 Å². The second-order valence-corrected chi connectivity index (χ2v) is 12.8. The molecule has 9 aromatic carbocycles. The van der Waals surface area contributed by atoms with Gasteiger partial charge >= 0.3 is 0 Å². The molecule has 0 aliphatic carbocycles. The van der Waals surface area contributed by atoms with E-state index in [-0.39, 0.29) is 29.7 Å². The van der Waals surface area contributed by atoms with Crippen LogP contribution in [0.4, 0.5) is 0 Å². The average molecular weight is 654 g/mol. The van der Waals surface area contributed by atoms with Crippen LogP contribution < -0.4 is 0 Å². The topological polar surface area (TPSA) is 17.8 Å². The molecule has 1 heterocycles. The molecular formula is C49H32N2. The van der Waals surface area contributed by atoms with Gasteiger partial charge in [-0.3, -0.25) is 4.57 Å². The highest BCUT2D eigenvalue weighted by molar-refractivity contribution is 6.21. The summed E-state index contributed by atoms with van der Waals surface area (Å²) in [6.45, 7) is 0. The van der Waals surface area contributed by atoms with Crippen molar-refractivity contribution in [2.75, 3.05) is 0 Å². The lowest BCUT2D eigenvalue weighted by molar-refractivity contribution is 1.11. The molecule has 2 heteroatoms. The van der Waals surface area contributed by atoms with Crippen molar-refractivity contribution in [2.45, 2.75) is 0 Å². The summed E-state index contributed by atoms with van der Waals surface area (Å²) in [5.41, 5.74) is 9.13. The molecule has 0 amide bonds. The standard InChI is InChI=1S/C49H32N2/c1-2-12-33(13-3-1)35-22-24-36(25-23-35)47-41-16-6-8-18-43(41)48(44-19-9-7-17-42(44)47)37-26-28-38(29-27-37)49-50-45-20-10-11-21-46(45)51(49)40-31-30-34-14-4-5-15-39(34)32-40/h1-32H/i1D,2D,3D,12D,13D. The molecule has 0 spiro atoms. The molecule has 2 nitrogen and oxygen atoms in total. The Balaban J connectivity index is 1.11. The van der Waals surface area contributed by atoms with Gasteiger partial charge < -0.3 is 0 Å². The zero-order valence-corrected chi connectivity index (χ0v) is 27.5. The fourth-order valence-corrected chi connectivity index (χ4v) is 7.53. The maximum Gasteiger partial charge on any atom is 0.145 e. The molecule has 0 unspecified atom stereocenters. The maximum atomic E-state index is 8.50. The van der Waals surface area contributed by atoms with E-state index < -0.39 is 6.04 Å². The molecule has 0 aliphatic heterocycles. The van der Waals surface area contributed by atoms with Crippen LogP contribution in [-0.4, -0.2) is 9.55 Å².